The zero-order valence-electron chi connectivity index (χ0n) is 21.4. The molecule has 0 aliphatic carbocycles. The van der Waals surface area contributed by atoms with Crippen LogP contribution in [0.3, 0.4) is 0 Å². The number of hydrazone groups is 1. The van der Waals surface area contributed by atoms with E-state index in [-0.39, 0.29) is 16.3 Å². The number of carbonyl (C=O) groups excluding carboxylic acids is 1. The zero-order valence-corrected chi connectivity index (χ0v) is 24.7. The summed E-state index contributed by atoms with van der Waals surface area (Å²) in [5.41, 5.74) is 3.68. The predicted octanol–water partition coefficient (Wildman–Crippen LogP) is 6.63. The van der Waals surface area contributed by atoms with Crippen LogP contribution < -0.4 is 5.01 Å². The standard InChI is InChI=1S/C30H22BrFN4O3S2/c31-24-9-14-27-28(17-24)40-30(34-27)36(33-18-20-5-10-25(32)11-6-20)29(37)22-7-12-26(13-8-22)41(38,39)35-16-15-21-3-1-2-4-23(21)19-35/h1-14,17-18H,15-16,19H2/b33-18+. The molecule has 0 radical (unpaired) electrons. The van der Waals surface area contributed by atoms with Gasteiger partial charge in [0.2, 0.25) is 15.2 Å². The number of carbonyl (C=O) groups is 1. The first-order chi connectivity index (χ1) is 19.8. The van der Waals surface area contributed by atoms with Crippen molar-refractivity contribution in [3.63, 3.8) is 0 Å². The number of fused-ring (bicyclic) bond motifs is 2. The number of rotatable bonds is 6. The minimum atomic E-state index is -3.76. The van der Waals surface area contributed by atoms with E-state index in [0.29, 0.717) is 35.7 Å². The number of anilines is 1. The molecule has 0 fully saturated rings. The summed E-state index contributed by atoms with van der Waals surface area (Å²) >= 11 is 4.74. The molecule has 1 aliphatic rings. The van der Waals surface area contributed by atoms with Crippen LogP contribution in [0.4, 0.5) is 9.52 Å². The molecule has 1 aromatic heterocycles. The van der Waals surface area contributed by atoms with Gasteiger partial charge in [-0.25, -0.2) is 17.8 Å². The second-order valence-electron chi connectivity index (χ2n) is 9.40. The number of aromatic nitrogens is 1. The highest BCUT2D eigenvalue weighted by Crippen LogP contribution is 2.32. The second kappa shape index (κ2) is 11.2. The van der Waals surface area contributed by atoms with E-state index in [9.17, 15) is 17.6 Å². The molecule has 11 heteroatoms. The molecule has 0 atom stereocenters. The maximum Gasteiger partial charge on any atom is 0.280 e. The van der Waals surface area contributed by atoms with Crippen LogP contribution in [0, 0.1) is 5.82 Å². The largest absolute Gasteiger partial charge is 0.280 e. The number of amides is 1. The lowest BCUT2D eigenvalue weighted by Crippen LogP contribution is -2.36. The fraction of sp³-hybridized carbons (Fsp3) is 0.100. The molecule has 0 unspecified atom stereocenters. The fourth-order valence-corrected chi connectivity index (χ4v) is 7.45. The molecule has 41 heavy (non-hydrogen) atoms. The van der Waals surface area contributed by atoms with Gasteiger partial charge in [0.1, 0.15) is 5.82 Å². The summed E-state index contributed by atoms with van der Waals surface area (Å²) < 4.78 is 43.4. The van der Waals surface area contributed by atoms with Crippen LogP contribution >= 0.6 is 27.3 Å². The number of benzene rings is 4. The van der Waals surface area contributed by atoms with Gasteiger partial charge < -0.3 is 0 Å². The van der Waals surface area contributed by atoms with E-state index in [4.69, 9.17) is 0 Å². The SMILES string of the molecule is O=C(c1ccc(S(=O)(=O)N2CCc3ccccc3C2)cc1)N(/N=C/c1ccc(F)cc1)c1nc2ccc(Br)cc2s1. The summed E-state index contributed by atoms with van der Waals surface area (Å²) in [6.07, 6.45) is 2.10. The first kappa shape index (κ1) is 27.4. The first-order valence-electron chi connectivity index (χ1n) is 12.6. The Labute approximate surface area is 248 Å². The van der Waals surface area contributed by atoms with E-state index in [1.54, 1.807) is 12.1 Å². The summed E-state index contributed by atoms with van der Waals surface area (Å²) in [6, 6.07) is 25.0. The number of sulfonamides is 1. The summed E-state index contributed by atoms with van der Waals surface area (Å²) in [5, 5.41) is 5.91. The molecule has 0 N–H and O–H groups in total. The van der Waals surface area contributed by atoms with Gasteiger partial charge >= 0.3 is 0 Å². The third-order valence-electron chi connectivity index (χ3n) is 6.74. The Morgan fingerprint density at radius 3 is 2.49 bits per heavy atom. The van der Waals surface area contributed by atoms with Gasteiger partial charge in [-0.3, -0.25) is 4.79 Å². The van der Waals surface area contributed by atoms with Crippen molar-refractivity contribution in [3.05, 3.63) is 124 Å². The monoisotopic (exact) mass is 648 g/mol. The van der Waals surface area contributed by atoms with E-state index in [1.807, 2.05) is 42.5 Å². The smallest absolute Gasteiger partial charge is 0.267 e. The molecule has 2 heterocycles. The molecule has 0 spiro atoms. The van der Waals surface area contributed by atoms with Crippen LogP contribution in [-0.4, -0.2) is 36.4 Å². The molecule has 7 nitrogen and oxygen atoms in total. The lowest BCUT2D eigenvalue weighted by molar-refractivity contribution is 0.0987. The Bertz CT molecular complexity index is 1890. The van der Waals surface area contributed by atoms with E-state index < -0.39 is 15.9 Å². The van der Waals surface area contributed by atoms with Gasteiger partial charge in [-0.15, -0.1) is 0 Å². The molecule has 1 amide bonds. The minimum Gasteiger partial charge on any atom is -0.267 e. The average Bonchev–Trinajstić information content (AvgIpc) is 3.40. The van der Waals surface area contributed by atoms with Gasteiger partial charge in [-0.05, 0) is 77.7 Å². The van der Waals surface area contributed by atoms with Crippen LogP contribution in [0.25, 0.3) is 10.2 Å². The first-order valence-corrected chi connectivity index (χ1v) is 15.7. The zero-order chi connectivity index (χ0) is 28.6. The lowest BCUT2D eigenvalue weighted by Gasteiger charge is -2.28. The number of halogens is 2. The van der Waals surface area contributed by atoms with Gasteiger partial charge in [-0.2, -0.15) is 14.4 Å². The summed E-state index contributed by atoms with van der Waals surface area (Å²) in [7, 11) is -3.76. The second-order valence-corrected chi connectivity index (χ2v) is 13.3. The fourth-order valence-electron chi connectivity index (χ4n) is 4.55. The Balaban J connectivity index is 1.30. The van der Waals surface area contributed by atoms with Crippen LogP contribution in [0.5, 0.6) is 0 Å². The summed E-state index contributed by atoms with van der Waals surface area (Å²) in [6.45, 7) is 0.693. The predicted molar refractivity (Wildman–Crippen MR) is 162 cm³/mol. The summed E-state index contributed by atoms with van der Waals surface area (Å²) in [5.74, 6) is -0.868. The van der Waals surface area contributed by atoms with Gasteiger partial charge in [0, 0.05) is 23.1 Å². The number of hydrogen-bond acceptors (Lipinski definition) is 6. The quantitative estimate of drug-likeness (QED) is 0.153. The van der Waals surface area contributed by atoms with Crippen molar-refractivity contribution in [2.45, 2.75) is 17.9 Å². The van der Waals surface area contributed by atoms with Gasteiger partial charge in [0.05, 0.1) is 21.3 Å². The van der Waals surface area contributed by atoms with Crippen molar-refractivity contribution in [2.75, 3.05) is 11.6 Å². The lowest BCUT2D eigenvalue weighted by atomic mass is 10.0. The van der Waals surface area contributed by atoms with E-state index in [2.05, 4.69) is 26.0 Å². The number of nitrogens with zero attached hydrogens (tertiary/aromatic N) is 4. The molecule has 4 aromatic carbocycles. The van der Waals surface area contributed by atoms with E-state index >= 15 is 0 Å². The molecular formula is C30H22BrFN4O3S2. The molecule has 0 bridgehead atoms. The van der Waals surface area contributed by atoms with Crippen LogP contribution in [-0.2, 0) is 23.0 Å². The molecule has 5 aromatic rings. The van der Waals surface area contributed by atoms with Gasteiger partial charge in [0.15, 0.2) is 0 Å². The number of thiazole rings is 1. The Morgan fingerprint density at radius 1 is 1.00 bits per heavy atom. The summed E-state index contributed by atoms with van der Waals surface area (Å²) in [4.78, 5) is 18.4. The van der Waals surface area contributed by atoms with Crippen molar-refractivity contribution in [1.82, 2.24) is 9.29 Å². The molecule has 206 valence electrons. The van der Waals surface area contributed by atoms with Crippen molar-refractivity contribution < 1.29 is 17.6 Å². The maximum absolute atomic E-state index is 13.7. The Hall–Kier alpha value is -3.77. The van der Waals surface area contributed by atoms with Crippen molar-refractivity contribution in [1.29, 1.82) is 0 Å². The Kier molecular flexibility index (Phi) is 7.52. The molecule has 6 rings (SSSR count). The topological polar surface area (TPSA) is 82.9 Å². The highest BCUT2D eigenvalue weighted by molar-refractivity contribution is 9.10. The Morgan fingerprint density at radius 2 is 1.73 bits per heavy atom. The van der Waals surface area contributed by atoms with Crippen LogP contribution in [0.2, 0.25) is 0 Å². The van der Waals surface area contributed by atoms with Crippen molar-refractivity contribution in [3.8, 4) is 0 Å². The van der Waals surface area contributed by atoms with E-state index in [1.165, 1.54) is 63.3 Å². The highest BCUT2D eigenvalue weighted by Gasteiger charge is 2.29. The van der Waals surface area contributed by atoms with Gasteiger partial charge in [-0.1, -0.05) is 63.7 Å². The van der Waals surface area contributed by atoms with Crippen LogP contribution in [0.15, 0.2) is 105 Å². The minimum absolute atomic E-state index is 0.111. The third kappa shape index (κ3) is 5.71. The number of hydrogen-bond donors (Lipinski definition) is 0. The van der Waals surface area contributed by atoms with Crippen molar-refractivity contribution in [2.24, 2.45) is 5.10 Å². The molecule has 1 aliphatic heterocycles. The van der Waals surface area contributed by atoms with Crippen LogP contribution in [0.1, 0.15) is 27.0 Å². The molecule has 0 saturated heterocycles. The normalized spacial score (nSPS) is 13.9. The van der Waals surface area contributed by atoms with Crippen molar-refractivity contribution >= 4 is 64.8 Å². The molecule has 0 saturated carbocycles. The third-order valence-corrected chi connectivity index (χ3v) is 10.1. The molecular weight excluding hydrogens is 627 g/mol. The highest BCUT2D eigenvalue weighted by atomic mass is 79.9. The maximum atomic E-state index is 13.7. The van der Waals surface area contributed by atoms with E-state index in [0.717, 1.165) is 20.3 Å². The van der Waals surface area contributed by atoms with Gasteiger partial charge in [0.25, 0.3) is 5.91 Å². The average molecular weight is 650 g/mol.